The average molecular weight is 487 g/mol. The highest BCUT2D eigenvalue weighted by Gasteiger charge is 2.52. The van der Waals surface area contributed by atoms with Crippen molar-refractivity contribution in [3.8, 4) is 12.3 Å². The van der Waals surface area contributed by atoms with Gasteiger partial charge in [-0.05, 0) is 18.8 Å². The van der Waals surface area contributed by atoms with Gasteiger partial charge in [-0.15, -0.1) is 6.42 Å². The second kappa shape index (κ2) is 13.9. The molecule has 1 fully saturated rings. The maximum absolute atomic E-state index is 11.8. The monoisotopic (exact) mass is 486 g/mol. The molecule has 2 unspecified atom stereocenters. The van der Waals surface area contributed by atoms with E-state index < -0.39 is 54.6 Å². The fourth-order valence-corrected chi connectivity index (χ4v) is 3.49. The highest BCUT2D eigenvalue weighted by molar-refractivity contribution is 5.68. The van der Waals surface area contributed by atoms with Crippen molar-refractivity contribution < 1.29 is 52.1 Å². The summed E-state index contributed by atoms with van der Waals surface area (Å²) in [6, 6.07) is 0. The Morgan fingerprint density at radius 3 is 1.94 bits per heavy atom. The molecule has 0 radical (unpaired) electrons. The zero-order valence-corrected chi connectivity index (χ0v) is 20.7. The zero-order valence-electron chi connectivity index (χ0n) is 20.7. The minimum atomic E-state index is -1.24. The predicted molar refractivity (Wildman–Crippen MR) is 118 cm³/mol. The molecule has 0 N–H and O–H groups in total. The summed E-state index contributed by atoms with van der Waals surface area (Å²) in [7, 11) is 4.06. The van der Waals surface area contributed by atoms with Crippen LogP contribution in [-0.4, -0.2) is 99.5 Å². The van der Waals surface area contributed by atoms with E-state index in [4.69, 9.17) is 34.8 Å². The number of terminal acetylenes is 1. The fraction of sp³-hybridized carbons (Fsp3) is 0.739. The van der Waals surface area contributed by atoms with Crippen LogP contribution in [0.3, 0.4) is 0 Å². The number of unbranched alkanes of at least 4 members (excludes halogenated alkanes) is 1. The number of esters is 4. The van der Waals surface area contributed by atoms with Crippen LogP contribution in [0.5, 0.6) is 0 Å². The lowest BCUT2D eigenvalue weighted by atomic mass is 9.98. The van der Waals surface area contributed by atoms with Crippen molar-refractivity contribution in [2.75, 3.05) is 40.4 Å². The first kappa shape index (κ1) is 29.4. The Hall–Kier alpha value is -2.68. The van der Waals surface area contributed by atoms with Crippen LogP contribution >= 0.6 is 0 Å². The maximum atomic E-state index is 11.8. The van der Waals surface area contributed by atoms with E-state index in [2.05, 4.69) is 5.92 Å². The number of carbonyl (C=O) groups is 4. The van der Waals surface area contributed by atoms with Gasteiger partial charge >= 0.3 is 23.9 Å². The standard InChI is InChI=1S/C23H36NO10/c1-8-11-24(6,7)12-9-10-13-29-23-22(33-18(5)28)21(32-17(4)27)20(31-16(3)26)19(34-23)14-30-15(2)25/h1,19-23H,9-14H2,2-7H3/q+1/t19?,20-,21+,22-,23?/m1/s1. The lowest BCUT2D eigenvalue weighted by Crippen LogP contribution is -2.63. The third-order valence-corrected chi connectivity index (χ3v) is 4.91. The highest BCUT2D eigenvalue weighted by atomic mass is 16.7. The summed E-state index contributed by atoms with van der Waals surface area (Å²) in [4.78, 5) is 46.7. The minimum absolute atomic E-state index is 0.240. The van der Waals surface area contributed by atoms with Gasteiger partial charge in [0.2, 0.25) is 0 Å². The average Bonchev–Trinajstić information content (AvgIpc) is 2.69. The molecule has 1 aliphatic heterocycles. The molecule has 11 heteroatoms. The first-order valence-electron chi connectivity index (χ1n) is 11.0. The normalized spacial score (nSPS) is 24.4. The zero-order chi connectivity index (χ0) is 25.9. The van der Waals surface area contributed by atoms with Crippen molar-refractivity contribution in [1.82, 2.24) is 0 Å². The summed E-state index contributed by atoms with van der Waals surface area (Å²) in [5.41, 5.74) is 0. The molecule has 0 bridgehead atoms. The summed E-state index contributed by atoms with van der Waals surface area (Å²) < 4.78 is 33.5. The molecule has 5 atom stereocenters. The van der Waals surface area contributed by atoms with Gasteiger partial charge in [0.25, 0.3) is 0 Å². The Morgan fingerprint density at radius 1 is 0.853 bits per heavy atom. The van der Waals surface area contributed by atoms with Gasteiger partial charge in [0.1, 0.15) is 19.3 Å². The van der Waals surface area contributed by atoms with Crippen molar-refractivity contribution in [2.45, 2.75) is 71.2 Å². The molecule has 34 heavy (non-hydrogen) atoms. The van der Waals surface area contributed by atoms with Gasteiger partial charge in [-0.3, -0.25) is 19.2 Å². The van der Waals surface area contributed by atoms with E-state index in [0.29, 0.717) is 17.4 Å². The Labute approximate surface area is 200 Å². The third kappa shape index (κ3) is 10.5. The van der Waals surface area contributed by atoms with Crippen molar-refractivity contribution in [3.63, 3.8) is 0 Å². The van der Waals surface area contributed by atoms with Crippen LogP contribution in [0.25, 0.3) is 0 Å². The van der Waals surface area contributed by atoms with Crippen LogP contribution < -0.4 is 0 Å². The number of ether oxygens (including phenoxy) is 6. The number of hydrogen-bond donors (Lipinski definition) is 0. The Balaban J connectivity index is 3.04. The second-order valence-corrected chi connectivity index (χ2v) is 8.67. The molecule has 1 saturated heterocycles. The van der Waals surface area contributed by atoms with Crippen molar-refractivity contribution in [3.05, 3.63) is 0 Å². The summed E-state index contributed by atoms with van der Waals surface area (Å²) in [6.07, 6.45) is 1.01. The van der Waals surface area contributed by atoms with Crippen LogP contribution in [0.4, 0.5) is 0 Å². The quantitative estimate of drug-likeness (QED) is 0.127. The van der Waals surface area contributed by atoms with Gasteiger partial charge in [0.15, 0.2) is 24.6 Å². The first-order chi connectivity index (χ1) is 15.9. The van der Waals surface area contributed by atoms with Crippen molar-refractivity contribution >= 4 is 23.9 Å². The number of carbonyl (C=O) groups excluding carboxylic acids is 4. The van der Waals surface area contributed by atoms with Crippen molar-refractivity contribution in [2.24, 2.45) is 0 Å². The number of hydrogen-bond acceptors (Lipinski definition) is 10. The van der Waals surface area contributed by atoms with Crippen LogP contribution in [0.2, 0.25) is 0 Å². The predicted octanol–water partition coefficient (Wildman–Crippen LogP) is 0.576. The largest absolute Gasteiger partial charge is 0.463 e. The van der Waals surface area contributed by atoms with Gasteiger partial charge in [-0.1, -0.05) is 0 Å². The lowest BCUT2D eigenvalue weighted by molar-refractivity contribution is -0.883. The summed E-state index contributed by atoms with van der Waals surface area (Å²) in [5, 5.41) is 0. The van der Waals surface area contributed by atoms with Gasteiger partial charge in [0.05, 0.1) is 27.2 Å². The molecule has 0 amide bonds. The topological polar surface area (TPSA) is 124 Å². The van der Waals surface area contributed by atoms with Crippen LogP contribution in [0, 0.1) is 12.3 Å². The van der Waals surface area contributed by atoms with E-state index >= 15 is 0 Å². The smallest absolute Gasteiger partial charge is 0.303 e. The molecule has 0 aromatic heterocycles. The molecular weight excluding hydrogens is 450 g/mol. The van der Waals surface area contributed by atoms with Gasteiger partial charge in [-0.25, -0.2) is 0 Å². The maximum Gasteiger partial charge on any atom is 0.303 e. The fourth-order valence-electron chi connectivity index (χ4n) is 3.49. The lowest BCUT2D eigenvalue weighted by Gasteiger charge is -2.44. The Kier molecular flexibility index (Phi) is 12.0. The molecule has 0 saturated carbocycles. The van der Waals surface area contributed by atoms with E-state index in [1.165, 1.54) is 13.8 Å². The Morgan fingerprint density at radius 2 is 1.41 bits per heavy atom. The highest BCUT2D eigenvalue weighted by Crippen LogP contribution is 2.30. The molecule has 1 rings (SSSR count). The summed E-state index contributed by atoms with van der Waals surface area (Å²) >= 11 is 0. The van der Waals surface area contributed by atoms with Crippen LogP contribution in [-0.2, 0) is 47.6 Å². The SMILES string of the molecule is C#CC[N+](C)(C)CCCCOC1OC(COC(C)=O)[C@@H](OC(C)=O)[C@H](OC(C)=O)[C@H]1OC(C)=O. The molecule has 0 aromatic carbocycles. The number of nitrogens with zero attached hydrogens (tertiary/aromatic N) is 1. The molecule has 11 nitrogen and oxygen atoms in total. The van der Waals surface area contributed by atoms with Crippen LogP contribution in [0.1, 0.15) is 40.5 Å². The van der Waals surface area contributed by atoms with Crippen LogP contribution in [0.15, 0.2) is 0 Å². The second-order valence-electron chi connectivity index (χ2n) is 8.67. The molecule has 0 spiro atoms. The first-order valence-corrected chi connectivity index (χ1v) is 11.0. The van der Waals surface area contributed by atoms with Crippen molar-refractivity contribution in [1.29, 1.82) is 0 Å². The Bertz CT molecular complexity index is 759. The summed E-state index contributed by atoms with van der Waals surface area (Å²) in [6.45, 7) is 6.09. The summed E-state index contributed by atoms with van der Waals surface area (Å²) in [5.74, 6) is 0.00877. The van der Waals surface area contributed by atoms with E-state index in [-0.39, 0.29) is 13.2 Å². The molecule has 192 valence electrons. The third-order valence-electron chi connectivity index (χ3n) is 4.91. The molecule has 0 aromatic rings. The number of quaternary nitrogens is 1. The minimum Gasteiger partial charge on any atom is -0.463 e. The van der Waals surface area contributed by atoms with E-state index in [0.717, 1.165) is 26.8 Å². The van der Waals surface area contributed by atoms with Gasteiger partial charge < -0.3 is 32.9 Å². The number of rotatable bonds is 12. The molecule has 1 aliphatic rings. The van der Waals surface area contributed by atoms with E-state index in [9.17, 15) is 19.2 Å². The molecular formula is C23H36NO10+. The van der Waals surface area contributed by atoms with Gasteiger partial charge in [0, 0.05) is 27.7 Å². The van der Waals surface area contributed by atoms with E-state index in [1.54, 1.807) is 0 Å². The molecule has 0 aliphatic carbocycles. The van der Waals surface area contributed by atoms with Gasteiger partial charge in [-0.2, -0.15) is 0 Å². The van der Waals surface area contributed by atoms with E-state index in [1.807, 2.05) is 14.1 Å². The molecule has 1 heterocycles.